The Morgan fingerprint density at radius 2 is 2.11 bits per heavy atom. The summed E-state index contributed by atoms with van der Waals surface area (Å²) < 4.78 is 3.61. The number of rotatable bonds is 5. The molecule has 5 aromatic rings. The number of H-pyrrole nitrogens is 1. The van der Waals surface area contributed by atoms with Crippen LogP contribution in [0, 0.1) is 0 Å². The Kier molecular flexibility index (Phi) is 3.59. The van der Waals surface area contributed by atoms with E-state index in [2.05, 4.69) is 42.5 Å². The van der Waals surface area contributed by atoms with Crippen LogP contribution in [0.25, 0.3) is 33.6 Å². The Hall–Kier alpha value is -3.69. The van der Waals surface area contributed by atoms with E-state index < -0.39 is 0 Å². The zero-order valence-electron chi connectivity index (χ0n) is 14.6. The molecular formula is C17H16N10. The lowest BCUT2D eigenvalue weighted by Crippen LogP contribution is -2.04. The second kappa shape index (κ2) is 6.24. The normalized spacial score (nSPS) is 11.6. The SMILES string of the molecule is CCCn1cc(-c2cnc3nnn(Cc4[nH]nc5ncccc45)c3n2)cn1. The quantitative estimate of drug-likeness (QED) is 0.508. The zero-order valence-corrected chi connectivity index (χ0v) is 14.6. The predicted octanol–water partition coefficient (Wildman–Crippen LogP) is 1.81. The lowest BCUT2D eigenvalue weighted by molar-refractivity contribution is 0.603. The van der Waals surface area contributed by atoms with Crippen LogP contribution in [0.1, 0.15) is 19.0 Å². The van der Waals surface area contributed by atoms with Crippen molar-refractivity contribution in [3.05, 3.63) is 42.6 Å². The fourth-order valence-electron chi connectivity index (χ4n) is 3.02. The molecule has 0 unspecified atom stereocenters. The Balaban J connectivity index is 1.53. The molecule has 0 bridgehead atoms. The van der Waals surface area contributed by atoms with Crippen molar-refractivity contribution in [1.82, 2.24) is 49.9 Å². The molecule has 10 heteroatoms. The van der Waals surface area contributed by atoms with Gasteiger partial charge in [0.25, 0.3) is 0 Å². The smallest absolute Gasteiger partial charge is 0.221 e. The predicted molar refractivity (Wildman–Crippen MR) is 97.6 cm³/mol. The molecule has 5 aromatic heterocycles. The third kappa shape index (κ3) is 2.71. The Bertz CT molecular complexity index is 1230. The first-order chi connectivity index (χ1) is 13.3. The number of pyridine rings is 1. The maximum atomic E-state index is 4.71. The van der Waals surface area contributed by atoms with Crippen molar-refractivity contribution in [2.75, 3.05) is 0 Å². The number of aromatic nitrogens is 10. The van der Waals surface area contributed by atoms with Gasteiger partial charge in [-0.3, -0.25) is 9.78 Å². The second-order valence-corrected chi connectivity index (χ2v) is 6.22. The van der Waals surface area contributed by atoms with E-state index in [0.29, 0.717) is 23.5 Å². The summed E-state index contributed by atoms with van der Waals surface area (Å²) in [6.07, 6.45) is 8.21. The highest BCUT2D eigenvalue weighted by atomic mass is 15.5. The van der Waals surface area contributed by atoms with E-state index in [1.807, 2.05) is 23.0 Å². The molecule has 0 radical (unpaired) electrons. The molecule has 0 saturated heterocycles. The van der Waals surface area contributed by atoms with E-state index >= 15 is 0 Å². The van der Waals surface area contributed by atoms with Crippen LogP contribution in [0.2, 0.25) is 0 Å². The van der Waals surface area contributed by atoms with Crippen LogP contribution in [0.4, 0.5) is 0 Å². The largest absolute Gasteiger partial charge is 0.278 e. The molecule has 134 valence electrons. The lowest BCUT2D eigenvalue weighted by Gasteiger charge is -2.01. The van der Waals surface area contributed by atoms with Gasteiger partial charge in [0.05, 0.1) is 30.3 Å². The van der Waals surface area contributed by atoms with Gasteiger partial charge in [0.2, 0.25) is 5.65 Å². The van der Waals surface area contributed by atoms with Crippen molar-refractivity contribution < 1.29 is 0 Å². The monoisotopic (exact) mass is 360 g/mol. The van der Waals surface area contributed by atoms with E-state index in [1.165, 1.54) is 0 Å². The van der Waals surface area contributed by atoms with Crippen molar-refractivity contribution in [2.45, 2.75) is 26.4 Å². The molecule has 0 fully saturated rings. The summed E-state index contributed by atoms with van der Waals surface area (Å²) >= 11 is 0. The topological polar surface area (TPSA) is 116 Å². The van der Waals surface area contributed by atoms with Crippen LogP contribution in [0.15, 0.2) is 36.9 Å². The van der Waals surface area contributed by atoms with Crippen molar-refractivity contribution in [3.63, 3.8) is 0 Å². The van der Waals surface area contributed by atoms with Gasteiger partial charge in [0.1, 0.15) is 0 Å². The van der Waals surface area contributed by atoms with Gasteiger partial charge in [-0.1, -0.05) is 12.1 Å². The number of fused-ring (bicyclic) bond motifs is 2. The number of hydrogen-bond donors (Lipinski definition) is 1. The molecular weight excluding hydrogens is 344 g/mol. The minimum absolute atomic E-state index is 0.450. The fourth-order valence-corrected chi connectivity index (χ4v) is 3.02. The van der Waals surface area contributed by atoms with Crippen LogP contribution >= 0.6 is 0 Å². The number of nitrogens with one attached hydrogen (secondary N) is 1. The first kappa shape index (κ1) is 15.6. The standard InChI is InChI=1S/C17H16N10/c1-2-6-26-9-11(7-20-26)13-8-19-16-17(21-13)27(25-24-16)10-14-12-4-3-5-18-15(12)23-22-14/h3-5,7-9H,2,6,10H2,1H3,(H,18,22,23). The van der Waals surface area contributed by atoms with Gasteiger partial charge in [0.15, 0.2) is 11.3 Å². The van der Waals surface area contributed by atoms with Crippen molar-refractivity contribution in [1.29, 1.82) is 0 Å². The molecule has 1 N–H and O–H groups in total. The summed E-state index contributed by atoms with van der Waals surface area (Å²) in [5, 5.41) is 20.9. The fraction of sp³-hybridized carbons (Fsp3) is 0.235. The first-order valence-corrected chi connectivity index (χ1v) is 8.69. The van der Waals surface area contributed by atoms with E-state index in [-0.39, 0.29) is 0 Å². The highest BCUT2D eigenvalue weighted by molar-refractivity contribution is 5.77. The first-order valence-electron chi connectivity index (χ1n) is 8.69. The third-order valence-corrected chi connectivity index (χ3v) is 4.33. The third-order valence-electron chi connectivity index (χ3n) is 4.33. The number of aromatic amines is 1. The van der Waals surface area contributed by atoms with Crippen molar-refractivity contribution in [2.24, 2.45) is 0 Å². The molecule has 10 nitrogen and oxygen atoms in total. The van der Waals surface area contributed by atoms with E-state index in [9.17, 15) is 0 Å². The summed E-state index contributed by atoms with van der Waals surface area (Å²) in [6, 6.07) is 3.85. The zero-order chi connectivity index (χ0) is 18.2. The molecule has 0 atom stereocenters. The van der Waals surface area contributed by atoms with Crippen molar-refractivity contribution in [3.8, 4) is 11.3 Å². The average Bonchev–Trinajstić information content (AvgIpc) is 3.42. The maximum Gasteiger partial charge on any atom is 0.221 e. The summed E-state index contributed by atoms with van der Waals surface area (Å²) in [6.45, 7) is 3.44. The molecule has 0 aromatic carbocycles. The molecule has 0 spiro atoms. The highest BCUT2D eigenvalue weighted by Gasteiger charge is 2.14. The van der Waals surface area contributed by atoms with E-state index in [0.717, 1.165) is 35.3 Å². The van der Waals surface area contributed by atoms with Gasteiger partial charge in [-0.25, -0.2) is 19.6 Å². The number of nitrogens with zero attached hydrogens (tertiary/aromatic N) is 9. The van der Waals surface area contributed by atoms with Crippen LogP contribution < -0.4 is 0 Å². The minimum atomic E-state index is 0.450. The number of aryl methyl sites for hydroxylation is 1. The van der Waals surface area contributed by atoms with Crippen LogP contribution in [-0.2, 0) is 13.1 Å². The Morgan fingerprint density at radius 1 is 1.15 bits per heavy atom. The molecule has 0 aliphatic rings. The summed E-state index contributed by atoms with van der Waals surface area (Å²) in [7, 11) is 0. The molecule has 0 aliphatic heterocycles. The molecule has 0 aliphatic carbocycles. The summed E-state index contributed by atoms with van der Waals surface area (Å²) in [4.78, 5) is 13.3. The van der Waals surface area contributed by atoms with E-state index in [1.54, 1.807) is 23.3 Å². The lowest BCUT2D eigenvalue weighted by atomic mass is 10.2. The molecule has 0 saturated carbocycles. The second-order valence-electron chi connectivity index (χ2n) is 6.22. The molecule has 27 heavy (non-hydrogen) atoms. The summed E-state index contributed by atoms with van der Waals surface area (Å²) in [5.74, 6) is 0. The minimum Gasteiger partial charge on any atom is -0.278 e. The van der Waals surface area contributed by atoms with Gasteiger partial charge < -0.3 is 0 Å². The number of hydrogen-bond acceptors (Lipinski definition) is 7. The van der Waals surface area contributed by atoms with Gasteiger partial charge in [-0.15, -0.1) is 5.10 Å². The van der Waals surface area contributed by atoms with Gasteiger partial charge in [0, 0.05) is 29.9 Å². The van der Waals surface area contributed by atoms with Crippen LogP contribution in [0.3, 0.4) is 0 Å². The van der Waals surface area contributed by atoms with Crippen molar-refractivity contribution >= 4 is 22.3 Å². The van der Waals surface area contributed by atoms with Crippen LogP contribution in [-0.4, -0.2) is 49.9 Å². The Labute approximate surface area is 153 Å². The van der Waals surface area contributed by atoms with Gasteiger partial charge in [-0.05, 0) is 18.6 Å². The average molecular weight is 360 g/mol. The molecule has 0 amide bonds. The summed E-state index contributed by atoms with van der Waals surface area (Å²) in [5.41, 5.74) is 4.34. The van der Waals surface area contributed by atoms with E-state index in [4.69, 9.17) is 4.98 Å². The maximum absolute atomic E-state index is 4.71. The van der Waals surface area contributed by atoms with Crippen LogP contribution in [0.5, 0.6) is 0 Å². The molecule has 5 rings (SSSR count). The molecule has 5 heterocycles. The van der Waals surface area contributed by atoms with Gasteiger partial charge in [-0.2, -0.15) is 10.2 Å². The van der Waals surface area contributed by atoms with Gasteiger partial charge >= 0.3 is 0 Å². The highest BCUT2D eigenvalue weighted by Crippen LogP contribution is 2.19. The Morgan fingerprint density at radius 3 is 3.04 bits per heavy atom.